The fourth-order valence-corrected chi connectivity index (χ4v) is 8.69. The molecule has 95 heavy (non-hydrogen) atoms. The molecule has 10 rings (SSSR count). The van der Waals surface area contributed by atoms with E-state index < -0.39 is 97.8 Å². The molecule has 25 heteroatoms. The van der Waals surface area contributed by atoms with Crippen molar-refractivity contribution in [1.82, 2.24) is 9.97 Å². The predicted molar refractivity (Wildman–Crippen MR) is 343 cm³/mol. The van der Waals surface area contributed by atoms with E-state index in [0.29, 0.717) is 34.2 Å². The van der Waals surface area contributed by atoms with E-state index in [9.17, 15) is 55.7 Å². The molecule has 18 nitrogen and oxygen atoms in total. The number of aliphatic hydroxyl groups excluding tert-OH is 4. The molecule has 0 aliphatic carbocycles. The van der Waals surface area contributed by atoms with Gasteiger partial charge in [-0.2, -0.15) is 26.3 Å². The maximum atomic E-state index is 13.3. The molecule has 2 aromatic heterocycles. The molecule has 0 aliphatic rings. The summed E-state index contributed by atoms with van der Waals surface area (Å²) in [6.07, 6.45) is -9.02. The van der Waals surface area contributed by atoms with Crippen LogP contribution in [0.25, 0.3) is 21.8 Å². The summed E-state index contributed by atoms with van der Waals surface area (Å²) in [6.45, 7) is 1.41. The monoisotopic (exact) mass is 1340 g/mol. The molecular weight excluding hydrogens is 1270 g/mol. The maximum absolute atomic E-state index is 13.3. The minimum absolute atomic E-state index is 0. The molecule has 4 unspecified atom stereocenters. The topological polar surface area (TPSA) is 276 Å². The summed E-state index contributed by atoms with van der Waals surface area (Å²) in [5, 5.41) is 60.6. The molecule has 0 radical (unpaired) electrons. The molecule has 0 saturated heterocycles. The van der Waals surface area contributed by atoms with Gasteiger partial charge in [-0.1, -0.05) is 109 Å². The van der Waals surface area contributed by atoms with Gasteiger partial charge in [-0.25, -0.2) is 9.59 Å². The molecule has 8 aromatic carbocycles. The first-order valence-corrected chi connectivity index (χ1v) is 28.6. The van der Waals surface area contributed by atoms with Crippen LogP contribution in [0.1, 0.15) is 68.7 Å². The fourth-order valence-electron chi connectivity index (χ4n) is 8.69. The number of alkyl halides is 6. The van der Waals surface area contributed by atoms with E-state index in [1.165, 1.54) is 60.9 Å². The molecule has 0 amide bonds. The van der Waals surface area contributed by atoms with Crippen LogP contribution in [0.2, 0.25) is 0 Å². The Labute approximate surface area is 570 Å². The molecule has 0 aliphatic heterocycles. The first kappa shape index (κ1) is 74.4. The van der Waals surface area contributed by atoms with Gasteiger partial charge in [0.15, 0.2) is 0 Å². The van der Waals surface area contributed by atoms with Crippen LogP contribution in [-0.4, -0.2) is 141 Å². The van der Waals surface area contributed by atoms with Crippen molar-refractivity contribution in [2.45, 2.75) is 50.2 Å². The van der Waals surface area contributed by atoms with Crippen LogP contribution in [0.15, 0.2) is 219 Å². The zero-order valence-corrected chi connectivity index (χ0v) is 52.9. The number of carbonyl (C=O) groups is 4. The average molecular weight is 1340 g/mol. The SMILES string of the molecule is CC(C(=O)O)c1cccc(Oc2ccccc2)c1.CC(C(=O)O)c1cccc(Oc2ccccc2)c1.O=C(OCC(O)CO)c1ccccc1Nc1ccnc2c(C(F)(F)F)cccc12.O=C(OCC(O)CO)c1ccccc1Nc1ccnc2c(C(F)(F)F)cccc12.[Ca+2]. The Morgan fingerprint density at radius 3 is 1.13 bits per heavy atom. The number of halogens is 6. The van der Waals surface area contributed by atoms with Crippen molar-refractivity contribution in [2.24, 2.45) is 0 Å². The molecule has 0 saturated carbocycles. The Morgan fingerprint density at radius 2 is 0.779 bits per heavy atom. The molecule has 10 aromatic rings. The first-order chi connectivity index (χ1) is 44.9. The van der Waals surface area contributed by atoms with Gasteiger partial charge >= 0.3 is 74.0 Å². The molecule has 0 fully saturated rings. The molecule has 8 N–H and O–H groups in total. The number of nitrogens with zero attached hydrogens (tertiary/aromatic N) is 2. The third-order valence-corrected chi connectivity index (χ3v) is 13.6. The van der Waals surface area contributed by atoms with Crippen LogP contribution in [0.4, 0.5) is 49.1 Å². The number of carbonyl (C=O) groups excluding carboxylic acids is 2. The largest absolute Gasteiger partial charge is 2.00 e. The summed E-state index contributed by atoms with van der Waals surface area (Å²) in [5.41, 5.74) is 0.840. The minimum Gasteiger partial charge on any atom is -0.481 e. The number of anilines is 4. The summed E-state index contributed by atoms with van der Waals surface area (Å²) in [5.74, 6) is -1.51. The number of pyridine rings is 2. The third-order valence-electron chi connectivity index (χ3n) is 13.6. The van der Waals surface area contributed by atoms with Crippen molar-refractivity contribution in [1.29, 1.82) is 0 Å². The van der Waals surface area contributed by atoms with Crippen molar-refractivity contribution >= 4 is 106 Å². The van der Waals surface area contributed by atoms with Crippen LogP contribution in [0.3, 0.4) is 0 Å². The number of hydrogen-bond donors (Lipinski definition) is 8. The quantitative estimate of drug-likeness (QED) is 0.0200. The predicted octanol–water partition coefficient (Wildman–Crippen LogP) is 14.0. The number of carboxylic acids is 2. The number of aliphatic hydroxyl groups is 4. The zero-order chi connectivity index (χ0) is 68.0. The standard InChI is InChI=1S/2C20H17F3N2O4.2C15H14O3.Ca/c2*21-20(22,23)15-6-3-5-13-17(8-9-24-18(13)15)25-16-7-2-1-4-14(16)19(28)29-11-12(27)10-26;2*1-11(15(16)17)12-6-5-9-14(10-12)18-13-7-3-2-4-8-13;/h2*1-9,12,26-27H,10-11H2,(H,24,25);2*2-11H,1H3,(H,16,17);/q;;;;+2. The number of carboxylic acid groups (broad SMARTS) is 2. The van der Waals surface area contributed by atoms with Gasteiger partial charge in [-0.05, 0) is 122 Å². The van der Waals surface area contributed by atoms with Crippen LogP contribution in [0, 0.1) is 0 Å². The molecule has 0 bridgehead atoms. The molecule has 0 spiro atoms. The van der Waals surface area contributed by atoms with E-state index in [4.69, 9.17) is 39.4 Å². The Hall–Kier alpha value is -9.66. The van der Waals surface area contributed by atoms with Crippen LogP contribution in [-0.2, 0) is 31.4 Å². The maximum Gasteiger partial charge on any atom is 2.00 e. The van der Waals surface area contributed by atoms with Gasteiger partial charge in [0.05, 0.1) is 69.7 Å². The van der Waals surface area contributed by atoms with Crippen LogP contribution >= 0.6 is 0 Å². The van der Waals surface area contributed by atoms with Crippen molar-refractivity contribution in [3.8, 4) is 23.0 Å². The van der Waals surface area contributed by atoms with Crippen molar-refractivity contribution in [3.05, 3.63) is 252 Å². The number of ether oxygens (including phenoxy) is 4. The summed E-state index contributed by atoms with van der Waals surface area (Å²) in [7, 11) is 0. The Kier molecular flexibility index (Phi) is 27.8. The van der Waals surface area contributed by atoms with E-state index in [0.717, 1.165) is 34.8 Å². The molecule has 488 valence electrons. The van der Waals surface area contributed by atoms with E-state index >= 15 is 0 Å². The molecular formula is C70H62CaF6N4O14+2. The van der Waals surface area contributed by atoms with E-state index in [1.807, 2.05) is 72.8 Å². The number of para-hydroxylation sites is 6. The number of aliphatic carboxylic acids is 2. The van der Waals surface area contributed by atoms with Crippen LogP contribution in [0.5, 0.6) is 23.0 Å². The van der Waals surface area contributed by atoms with Crippen molar-refractivity contribution in [2.75, 3.05) is 37.1 Å². The zero-order valence-electron chi connectivity index (χ0n) is 50.7. The van der Waals surface area contributed by atoms with E-state index in [1.54, 1.807) is 86.6 Å². The van der Waals surface area contributed by atoms with Crippen molar-refractivity contribution < 1.29 is 95.1 Å². The number of esters is 2. The summed E-state index contributed by atoms with van der Waals surface area (Å²) >= 11 is 0. The smallest absolute Gasteiger partial charge is 0.481 e. The van der Waals surface area contributed by atoms with Crippen LogP contribution < -0.4 is 20.1 Å². The third kappa shape index (κ3) is 21.7. The second-order valence-corrected chi connectivity index (χ2v) is 20.4. The number of fused-ring (bicyclic) bond motifs is 2. The normalized spacial score (nSPS) is 12.2. The van der Waals surface area contributed by atoms with Gasteiger partial charge in [0.25, 0.3) is 0 Å². The summed E-state index contributed by atoms with van der Waals surface area (Å²) in [6, 6.07) is 56.1. The second-order valence-electron chi connectivity index (χ2n) is 20.4. The van der Waals surface area contributed by atoms with Gasteiger partial charge in [0.2, 0.25) is 0 Å². The van der Waals surface area contributed by atoms with Gasteiger partial charge in [-0.15, -0.1) is 0 Å². The molecule has 2 heterocycles. The molecule has 4 atom stereocenters. The summed E-state index contributed by atoms with van der Waals surface area (Å²) < 4.78 is 101. The van der Waals surface area contributed by atoms with Gasteiger partial charge in [0, 0.05) is 34.5 Å². The Balaban J connectivity index is 0.000000205. The fraction of sp³-hybridized carbons (Fsp3) is 0.171. The minimum atomic E-state index is -4.56. The number of nitrogens with one attached hydrogen (secondary N) is 2. The first-order valence-electron chi connectivity index (χ1n) is 28.6. The number of benzene rings is 8. The Morgan fingerprint density at radius 1 is 0.442 bits per heavy atom. The summed E-state index contributed by atoms with van der Waals surface area (Å²) in [4.78, 5) is 54.2. The average Bonchev–Trinajstić information content (AvgIpc) is 0.791. The van der Waals surface area contributed by atoms with Gasteiger partial charge in [-0.3, -0.25) is 19.6 Å². The number of aromatic nitrogens is 2. The number of hydrogen-bond acceptors (Lipinski definition) is 16. The van der Waals surface area contributed by atoms with Gasteiger partial charge in [0.1, 0.15) is 48.4 Å². The van der Waals surface area contributed by atoms with E-state index in [-0.39, 0.29) is 70.7 Å². The Bertz CT molecular complexity index is 3910. The van der Waals surface area contributed by atoms with Gasteiger partial charge < -0.3 is 60.2 Å². The number of rotatable bonds is 20. The van der Waals surface area contributed by atoms with E-state index in [2.05, 4.69) is 20.6 Å². The second kappa shape index (κ2) is 35.6. The van der Waals surface area contributed by atoms with Crippen molar-refractivity contribution in [3.63, 3.8) is 0 Å².